The molecule has 0 radical (unpaired) electrons. The number of aliphatic hydroxyl groups excluding tert-OH is 1. The highest BCUT2D eigenvalue weighted by Gasteiger charge is 2.44. The number of aromatic amines is 1. The number of hydrogen-bond donors (Lipinski definition) is 2. The lowest BCUT2D eigenvalue weighted by Gasteiger charge is -2.27. The van der Waals surface area contributed by atoms with E-state index in [2.05, 4.69) is 9.97 Å². The van der Waals surface area contributed by atoms with Crippen LogP contribution in [0.4, 0.5) is 11.4 Å². The lowest BCUT2D eigenvalue weighted by Crippen LogP contribution is -2.31. The first-order chi connectivity index (χ1) is 15.7. The largest absolute Gasteiger partial charge is 0.503 e. The highest BCUT2D eigenvalue weighted by Crippen LogP contribution is 2.42. The third kappa shape index (κ3) is 3.21. The molecule has 1 saturated heterocycles. The molecule has 2 aliphatic rings. The standard InChI is InChI=1S/C25H24N4O4/c1-14(30)20-21(15-4-6-16(7-5-15)28-11-10-25(2,3)24(28)33)29(23(32)22(20)31)17-8-9-18-19(12-17)27-13-26-18/h4-9,12-13,21,31H,10-11H2,1-3H3,(H,26,27). The number of ketones is 1. The van der Waals surface area contributed by atoms with E-state index in [1.165, 1.54) is 11.8 Å². The Kier molecular flexibility index (Phi) is 4.63. The molecule has 3 aromatic rings. The predicted octanol–water partition coefficient (Wildman–Crippen LogP) is 3.81. The van der Waals surface area contributed by atoms with Crippen molar-refractivity contribution < 1.29 is 19.5 Å². The number of fused-ring (bicyclic) bond motifs is 1. The summed E-state index contributed by atoms with van der Waals surface area (Å²) in [6, 6.07) is 11.7. The molecule has 1 fully saturated rings. The van der Waals surface area contributed by atoms with Gasteiger partial charge in [0.15, 0.2) is 11.5 Å². The van der Waals surface area contributed by atoms with Gasteiger partial charge in [0.2, 0.25) is 5.91 Å². The van der Waals surface area contributed by atoms with Crippen molar-refractivity contribution in [3.8, 4) is 0 Å². The molecule has 0 spiro atoms. The number of Topliss-reactive ketones (excluding diaryl/α,β-unsaturated/α-hetero) is 1. The molecule has 0 aliphatic carbocycles. The zero-order valence-corrected chi connectivity index (χ0v) is 18.6. The molecule has 1 aromatic heterocycles. The maximum absolute atomic E-state index is 13.1. The number of H-pyrrole nitrogens is 1. The minimum Gasteiger partial charge on any atom is -0.503 e. The average Bonchev–Trinajstić information content (AvgIpc) is 3.43. The van der Waals surface area contributed by atoms with Crippen LogP contribution in [0.25, 0.3) is 11.0 Å². The topological polar surface area (TPSA) is 107 Å². The molecule has 8 heteroatoms. The number of rotatable bonds is 4. The van der Waals surface area contributed by atoms with Gasteiger partial charge in [-0.2, -0.15) is 0 Å². The van der Waals surface area contributed by atoms with Crippen LogP contribution in [0.3, 0.4) is 0 Å². The fourth-order valence-electron chi connectivity index (χ4n) is 4.66. The number of carbonyl (C=O) groups is 3. The molecular weight excluding hydrogens is 420 g/mol. The molecule has 8 nitrogen and oxygen atoms in total. The van der Waals surface area contributed by atoms with Crippen molar-refractivity contribution in [1.82, 2.24) is 9.97 Å². The van der Waals surface area contributed by atoms with E-state index in [1.54, 1.807) is 41.6 Å². The molecule has 2 aliphatic heterocycles. The first-order valence-corrected chi connectivity index (χ1v) is 10.8. The summed E-state index contributed by atoms with van der Waals surface area (Å²) in [5, 5.41) is 10.6. The monoisotopic (exact) mass is 444 g/mol. The summed E-state index contributed by atoms with van der Waals surface area (Å²) < 4.78 is 0. The van der Waals surface area contributed by atoms with Crippen LogP contribution >= 0.6 is 0 Å². The van der Waals surface area contributed by atoms with E-state index in [0.717, 1.165) is 17.6 Å². The Hall–Kier alpha value is -3.94. The number of nitrogens with one attached hydrogen (secondary N) is 1. The van der Waals surface area contributed by atoms with Gasteiger partial charge in [0.05, 0.1) is 29.0 Å². The second-order valence-electron chi connectivity index (χ2n) is 9.18. The van der Waals surface area contributed by atoms with Gasteiger partial charge < -0.3 is 15.0 Å². The van der Waals surface area contributed by atoms with Gasteiger partial charge in [0, 0.05) is 23.3 Å². The minimum absolute atomic E-state index is 0.0493. The summed E-state index contributed by atoms with van der Waals surface area (Å²) in [7, 11) is 0. The van der Waals surface area contributed by atoms with Crippen LogP contribution in [0.15, 0.2) is 60.1 Å². The average molecular weight is 444 g/mol. The SMILES string of the molecule is CC(=O)C1=C(O)C(=O)N(c2ccc3[nH]cnc3c2)C1c1ccc(N2CCC(C)(C)C2=O)cc1. The number of imidazole rings is 1. The Labute approximate surface area is 190 Å². The first-order valence-electron chi connectivity index (χ1n) is 10.8. The van der Waals surface area contributed by atoms with E-state index < -0.39 is 23.1 Å². The van der Waals surface area contributed by atoms with Gasteiger partial charge in [0.1, 0.15) is 0 Å². The van der Waals surface area contributed by atoms with Crippen LogP contribution in [-0.4, -0.2) is 39.2 Å². The molecule has 0 saturated carbocycles. The van der Waals surface area contributed by atoms with Crippen molar-refractivity contribution in [2.75, 3.05) is 16.3 Å². The lowest BCUT2D eigenvalue weighted by atomic mass is 9.92. The van der Waals surface area contributed by atoms with Crippen LogP contribution in [0.5, 0.6) is 0 Å². The van der Waals surface area contributed by atoms with Crippen molar-refractivity contribution in [3.05, 3.63) is 65.7 Å². The van der Waals surface area contributed by atoms with Gasteiger partial charge in [-0.05, 0) is 49.2 Å². The summed E-state index contributed by atoms with van der Waals surface area (Å²) in [5.41, 5.74) is 3.08. The number of hydrogen-bond acceptors (Lipinski definition) is 5. The second kappa shape index (κ2) is 7.30. The summed E-state index contributed by atoms with van der Waals surface area (Å²) in [4.78, 5) is 48.6. The molecule has 2 aromatic carbocycles. The van der Waals surface area contributed by atoms with Crippen molar-refractivity contribution in [1.29, 1.82) is 0 Å². The van der Waals surface area contributed by atoms with E-state index in [0.29, 0.717) is 23.3 Å². The molecule has 168 valence electrons. The van der Waals surface area contributed by atoms with Crippen molar-refractivity contribution in [3.63, 3.8) is 0 Å². The molecule has 1 unspecified atom stereocenters. The van der Waals surface area contributed by atoms with Crippen LogP contribution in [0.1, 0.15) is 38.8 Å². The zero-order chi connectivity index (χ0) is 23.5. The fraction of sp³-hybridized carbons (Fsp3) is 0.280. The van der Waals surface area contributed by atoms with Gasteiger partial charge in [-0.25, -0.2) is 4.98 Å². The first kappa shape index (κ1) is 20.9. The van der Waals surface area contributed by atoms with Gasteiger partial charge in [-0.3, -0.25) is 19.3 Å². The predicted molar refractivity (Wildman–Crippen MR) is 124 cm³/mol. The number of amides is 2. The third-order valence-corrected chi connectivity index (χ3v) is 6.58. The molecule has 2 amide bonds. The van der Waals surface area contributed by atoms with E-state index in [1.807, 2.05) is 26.0 Å². The van der Waals surface area contributed by atoms with Gasteiger partial charge in [-0.1, -0.05) is 26.0 Å². The number of nitrogens with zero attached hydrogens (tertiary/aromatic N) is 3. The van der Waals surface area contributed by atoms with Crippen LogP contribution in [-0.2, 0) is 14.4 Å². The van der Waals surface area contributed by atoms with Crippen LogP contribution in [0.2, 0.25) is 0 Å². The van der Waals surface area contributed by atoms with Crippen molar-refractivity contribution in [2.24, 2.45) is 5.41 Å². The summed E-state index contributed by atoms with van der Waals surface area (Å²) >= 11 is 0. The van der Waals surface area contributed by atoms with Crippen LogP contribution < -0.4 is 9.80 Å². The quantitative estimate of drug-likeness (QED) is 0.636. The Bertz CT molecular complexity index is 1340. The van der Waals surface area contributed by atoms with E-state index in [4.69, 9.17) is 0 Å². The van der Waals surface area contributed by atoms with Crippen LogP contribution in [0, 0.1) is 5.41 Å². The van der Waals surface area contributed by atoms with Gasteiger partial charge >= 0.3 is 0 Å². The number of carbonyl (C=O) groups excluding carboxylic acids is 3. The molecule has 0 bridgehead atoms. The minimum atomic E-state index is -0.786. The third-order valence-electron chi connectivity index (χ3n) is 6.58. The number of anilines is 2. The Morgan fingerprint density at radius 1 is 1.12 bits per heavy atom. The zero-order valence-electron chi connectivity index (χ0n) is 18.6. The normalized spacial score (nSPS) is 20.4. The summed E-state index contributed by atoms with van der Waals surface area (Å²) in [5.74, 6) is -1.49. The van der Waals surface area contributed by atoms with Crippen molar-refractivity contribution >= 4 is 40.0 Å². The maximum atomic E-state index is 13.1. The Balaban J connectivity index is 1.56. The molecule has 1 atom stereocenters. The van der Waals surface area contributed by atoms with Gasteiger partial charge in [0.25, 0.3) is 5.91 Å². The highest BCUT2D eigenvalue weighted by atomic mass is 16.3. The molecule has 3 heterocycles. The number of aliphatic hydroxyl groups is 1. The second-order valence-corrected chi connectivity index (χ2v) is 9.18. The van der Waals surface area contributed by atoms with E-state index >= 15 is 0 Å². The summed E-state index contributed by atoms with van der Waals surface area (Å²) in [6.45, 7) is 5.86. The molecule has 2 N–H and O–H groups in total. The highest BCUT2D eigenvalue weighted by molar-refractivity contribution is 6.16. The Morgan fingerprint density at radius 2 is 1.82 bits per heavy atom. The van der Waals surface area contributed by atoms with E-state index in [-0.39, 0.29) is 17.3 Å². The maximum Gasteiger partial charge on any atom is 0.294 e. The fourth-order valence-corrected chi connectivity index (χ4v) is 4.66. The number of benzene rings is 2. The molecule has 5 rings (SSSR count). The molecule has 33 heavy (non-hydrogen) atoms. The van der Waals surface area contributed by atoms with Gasteiger partial charge in [-0.15, -0.1) is 0 Å². The lowest BCUT2D eigenvalue weighted by molar-refractivity contribution is -0.124. The number of aromatic nitrogens is 2. The summed E-state index contributed by atoms with van der Waals surface area (Å²) in [6.07, 6.45) is 2.34. The Morgan fingerprint density at radius 3 is 2.45 bits per heavy atom. The molecular formula is C25H24N4O4. The van der Waals surface area contributed by atoms with Crippen molar-refractivity contribution in [2.45, 2.75) is 33.2 Å². The van der Waals surface area contributed by atoms with E-state index in [9.17, 15) is 19.5 Å². The smallest absolute Gasteiger partial charge is 0.294 e.